The molecule has 100 valence electrons. The fourth-order valence-electron chi connectivity index (χ4n) is 1.70. The first-order chi connectivity index (χ1) is 9.63. The highest BCUT2D eigenvalue weighted by atomic mass is 79.9. The van der Waals surface area contributed by atoms with Gasteiger partial charge in [0.25, 0.3) is 5.89 Å². The number of rotatable bonds is 2. The number of aryl methyl sites for hydroxylation is 1. The third-order valence-corrected chi connectivity index (χ3v) is 3.11. The van der Waals surface area contributed by atoms with E-state index in [0.29, 0.717) is 22.9 Å². The van der Waals surface area contributed by atoms with E-state index < -0.39 is 0 Å². The van der Waals surface area contributed by atoms with Crippen molar-refractivity contribution in [2.45, 2.75) is 6.92 Å². The Kier molecular flexibility index (Phi) is 3.19. The number of aromatic hydroxyl groups is 1. The quantitative estimate of drug-likeness (QED) is 0.776. The van der Waals surface area contributed by atoms with Gasteiger partial charge in [0.2, 0.25) is 5.82 Å². The van der Waals surface area contributed by atoms with Gasteiger partial charge in [-0.15, -0.1) is 0 Å². The average molecular weight is 333 g/mol. The molecule has 1 N–H and O–H groups in total. The standard InChI is InChI=1S/C13H9BrN4O2/c1-7-15-5-4-10(16-7)12-17-13(20-18-12)9-3-2-8(14)6-11(9)19/h2-6,19H,1H3. The zero-order valence-electron chi connectivity index (χ0n) is 10.4. The number of benzene rings is 1. The molecule has 3 aromatic rings. The largest absolute Gasteiger partial charge is 0.507 e. The van der Waals surface area contributed by atoms with Crippen molar-refractivity contribution >= 4 is 15.9 Å². The van der Waals surface area contributed by atoms with Crippen LogP contribution in [0.1, 0.15) is 5.82 Å². The molecule has 0 fully saturated rings. The molecular formula is C13H9BrN4O2. The lowest BCUT2D eigenvalue weighted by atomic mass is 10.2. The number of phenols is 1. The molecule has 0 spiro atoms. The van der Waals surface area contributed by atoms with Gasteiger partial charge in [0.05, 0.1) is 5.56 Å². The Morgan fingerprint density at radius 1 is 1.20 bits per heavy atom. The van der Waals surface area contributed by atoms with Gasteiger partial charge in [-0.25, -0.2) is 9.97 Å². The van der Waals surface area contributed by atoms with Crippen LogP contribution in [-0.2, 0) is 0 Å². The summed E-state index contributed by atoms with van der Waals surface area (Å²) in [4.78, 5) is 12.5. The Hall–Kier alpha value is -2.28. The number of phenolic OH excluding ortho intramolecular Hbond substituents is 1. The summed E-state index contributed by atoms with van der Waals surface area (Å²) in [6.07, 6.45) is 1.63. The van der Waals surface area contributed by atoms with Crippen molar-refractivity contribution < 1.29 is 9.63 Å². The van der Waals surface area contributed by atoms with E-state index in [-0.39, 0.29) is 11.6 Å². The highest BCUT2D eigenvalue weighted by Gasteiger charge is 2.15. The number of nitrogens with zero attached hydrogens (tertiary/aromatic N) is 4. The number of hydrogen-bond donors (Lipinski definition) is 1. The maximum Gasteiger partial charge on any atom is 0.262 e. The Morgan fingerprint density at radius 2 is 2.05 bits per heavy atom. The zero-order valence-corrected chi connectivity index (χ0v) is 12.0. The first-order valence-corrected chi connectivity index (χ1v) is 6.55. The minimum atomic E-state index is 0.0634. The lowest BCUT2D eigenvalue weighted by Gasteiger charge is -1.99. The molecule has 20 heavy (non-hydrogen) atoms. The van der Waals surface area contributed by atoms with E-state index in [1.165, 1.54) is 0 Å². The molecule has 7 heteroatoms. The van der Waals surface area contributed by atoms with Gasteiger partial charge in [0.1, 0.15) is 17.3 Å². The average Bonchev–Trinajstić information content (AvgIpc) is 2.88. The summed E-state index contributed by atoms with van der Waals surface area (Å²) in [6, 6.07) is 6.74. The monoisotopic (exact) mass is 332 g/mol. The van der Waals surface area contributed by atoms with Crippen molar-refractivity contribution in [3.8, 4) is 28.7 Å². The predicted molar refractivity (Wildman–Crippen MR) is 74.9 cm³/mol. The Bertz CT molecular complexity index is 773. The smallest absolute Gasteiger partial charge is 0.262 e. The summed E-state index contributed by atoms with van der Waals surface area (Å²) in [5, 5.41) is 13.8. The first kappa shape index (κ1) is 12.7. The van der Waals surface area contributed by atoms with Gasteiger partial charge in [-0.05, 0) is 31.2 Å². The molecule has 6 nitrogen and oxygen atoms in total. The molecule has 2 aromatic heterocycles. The molecule has 0 bridgehead atoms. The molecule has 3 rings (SSSR count). The van der Waals surface area contributed by atoms with Crippen molar-refractivity contribution in [3.05, 3.63) is 40.8 Å². The number of halogens is 1. The fraction of sp³-hybridized carbons (Fsp3) is 0.0769. The Balaban J connectivity index is 2.02. The predicted octanol–water partition coefficient (Wildman–Crippen LogP) is 2.97. The molecule has 0 amide bonds. The van der Waals surface area contributed by atoms with E-state index in [1.54, 1.807) is 37.4 Å². The maximum absolute atomic E-state index is 9.89. The highest BCUT2D eigenvalue weighted by Crippen LogP contribution is 2.31. The molecular weight excluding hydrogens is 324 g/mol. The van der Waals surface area contributed by atoms with Crippen LogP contribution in [0.3, 0.4) is 0 Å². The Morgan fingerprint density at radius 3 is 2.80 bits per heavy atom. The van der Waals surface area contributed by atoms with Gasteiger partial charge in [0, 0.05) is 10.7 Å². The normalized spacial score (nSPS) is 10.7. The summed E-state index contributed by atoms with van der Waals surface area (Å²) >= 11 is 3.28. The van der Waals surface area contributed by atoms with Crippen LogP contribution in [0.15, 0.2) is 39.5 Å². The van der Waals surface area contributed by atoms with Crippen LogP contribution in [-0.4, -0.2) is 25.2 Å². The van der Waals surface area contributed by atoms with Crippen LogP contribution in [0.2, 0.25) is 0 Å². The van der Waals surface area contributed by atoms with E-state index in [9.17, 15) is 5.11 Å². The van der Waals surface area contributed by atoms with E-state index in [4.69, 9.17) is 4.52 Å². The van der Waals surface area contributed by atoms with Crippen LogP contribution in [0.5, 0.6) is 5.75 Å². The van der Waals surface area contributed by atoms with Gasteiger partial charge >= 0.3 is 0 Å². The molecule has 1 aromatic carbocycles. The number of hydrogen-bond acceptors (Lipinski definition) is 6. The summed E-state index contributed by atoms with van der Waals surface area (Å²) in [6.45, 7) is 1.78. The summed E-state index contributed by atoms with van der Waals surface area (Å²) in [7, 11) is 0. The lowest BCUT2D eigenvalue weighted by molar-refractivity contribution is 0.425. The molecule has 0 atom stereocenters. The molecule has 2 heterocycles. The summed E-state index contributed by atoms with van der Waals surface area (Å²) < 4.78 is 5.94. The van der Waals surface area contributed by atoms with Gasteiger partial charge in [-0.1, -0.05) is 21.1 Å². The zero-order chi connectivity index (χ0) is 14.1. The van der Waals surface area contributed by atoms with Crippen LogP contribution in [0.4, 0.5) is 0 Å². The van der Waals surface area contributed by atoms with Crippen molar-refractivity contribution in [3.63, 3.8) is 0 Å². The molecule has 0 radical (unpaired) electrons. The van der Waals surface area contributed by atoms with Crippen molar-refractivity contribution in [1.29, 1.82) is 0 Å². The van der Waals surface area contributed by atoms with Crippen molar-refractivity contribution in [2.24, 2.45) is 0 Å². The topological polar surface area (TPSA) is 84.9 Å². The van der Waals surface area contributed by atoms with E-state index >= 15 is 0 Å². The van der Waals surface area contributed by atoms with Crippen LogP contribution >= 0.6 is 15.9 Å². The molecule has 0 unspecified atom stereocenters. The minimum Gasteiger partial charge on any atom is -0.507 e. The SMILES string of the molecule is Cc1nccc(-c2noc(-c3ccc(Br)cc3O)n2)n1. The molecule has 0 aliphatic heterocycles. The molecule has 0 aliphatic rings. The Labute approximate surface area is 122 Å². The van der Waals surface area contributed by atoms with E-state index in [0.717, 1.165) is 4.47 Å². The summed E-state index contributed by atoms with van der Waals surface area (Å²) in [5.41, 5.74) is 1.04. The molecule has 0 saturated heterocycles. The van der Waals surface area contributed by atoms with Gasteiger partial charge in [-0.3, -0.25) is 0 Å². The minimum absolute atomic E-state index is 0.0634. The first-order valence-electron chi connectivity index (χ1n) is 5.76. The third kappa shape index (κ3) is 2.39. The third-order valence-electron chi connectivity index (χ3n) is 2.62. The van der Waals surface area contributed by atoms with Crippen molar-refractivity contribution in [1.82, 2.24) is 20.1 Å². The van der Waals surface area contributed by atoms with Gasteiger partial charge in [-0.2, -0.15) is 4.98 Å². The van der Waals surface area contributed by atoms with Crippen LogP contribution in [0.25, 0.3) is 23.0 Å². The van der Waals surface area contributed by atoms with Crippen molar-refractivity contribution in [2.75, 3.05) is 0 Å². The van der Waals surface area contributed by atoms with E-state index in [2.05, 4.69) is 36.0 Å². The second-order valence-corrected chi connectivity index (χ2v) is 4.99. The maximum atomic E-state index is 9.89. The number of aromatic nitrogens is 4. The second kappa shape index (κ2) is 5.01. The summed E-state index contributed by atoms with van der Waals surface area (Å²) in [5.74, 6) is 1.28. The molecule has 0 saturated carbocycles. The van der Waals surface area contributed by atoms with Crippen LogP contribution < -0.4 is 0 Å². The highest BCUT2D eigenvalue weighted by molar-refractivity contribution is 9.10. The van der Waals surface area contributed by atoms with Crippen LogP contribution in [0, 0.1) is 6.92 Å². The lowest BCUT2D eigenvalue weighted by Crippen LogP contribution is -1.91. The fourth-order valence-corrected chi connectivity index (χ4v) is 2.05. The molecule has 0 aliphatic carbocycles. The van der Waals surface area contributed by atoms with Gasteiger partial charge in [0.15, 0.2) is 0 Å². The second-order valence-electron chi connectivity index (χ2n) is 4.07. The van der Waals surface area contributed by atoms with Gasteiger partial charge < -0.3 is 9.63 Å². The van der Waals surface area contributed by atoms with E-state index in [1.807, 2.05) is 0 Å².